The van der Waals surface area contributed by atoms with Crippen molar-refractivity contribution in [2.24, 2.45) is 0 Å². The molecule has 1 aliphatic heterocycles. The minimum Gasteiger partial charge on any atom is -0.369 e. The number of amides is 1. The fourth-order valence-electron chi connectivity index (χ4n) is 3.73. The van der Waals surface area contributed by atoms with Crippen molar-refractivity contribution in [1.29, 1.82) is 0 Å². The molecule has 30 heavy (non-hydrogen) atoms. The lowest BCUT2D eigenvalue weighted by Crippen LogP contribution is -2.42. The highest BCUT2D eigenvalue weighted by atomic mass is 16.1. The van der Waals surface area contributed by atoms with Gasteiger partial charge in [0, 0.05) is 49.3 Å². The van der Waals surface area contributed by atoms with Crippen LogP contribution in [0.1, 0.15) is 50.5 Å². The zero-order valence-corrected chi connectivity index (χ0v) is 18.3. The van der Waals surface area contributed by atoms with E-state index in [-0.39, 0.29) is 11.4 Å². The Morgan fingerprint density at radius 3 is 2.67 bits per heavy atom. The summed E-state index contributed by atoms with van der Waals surface area (Å²) >= 11 is 0. The van der Waals surface area contributed by atoms with Crippen LogP contribution < -0.4 is 16.0 Å². The van der Waals surface area contributed by atoms with Crippen LogP contribution >= 0.6 is 0 Å². The quantitative estimate of drug-likeness (QED) is 0.607. The molecule has 3 rings (SSSR count). The van der Waals surface area contributed by atoms with Crippen LogP contribution in [0.15, 0.2) is 42.7 Å². The van der Waals surface area contributed by atoms with E-state index < -0.39 is 0 Å². The zero-order chi connectivity index (χ0) is 21.4. The number of hydrogen-bond donors (Lipinski definition) is 3. The molecule has 3 N–H and O–H groups in total. The van der Waals surface area contributed by atoms with Crippen molar-refractivity contribution in [3.63, 3.8) is 0 Å². The molecule has 2 aromatic rings. The Kier molecular flexibility index (Phi) is 7.76. The Balaban J connectivity index is 1.42. The van der Waals surface area contributed by atoms with Crippen molar-refractivity contribution >= 4 is 17.4 Å². The first-order valence-corrected chi connectivity index (χ1v) is 10.8. The molecule has 2 aromatic heterocycles. The fraction of sp³-hybridized carbons (Fsp3) is 0.522. The third-order valence-corrected chi connectivity index (χ3v) is 5.46. The number of pyridine rings is 2. The molecule has 7 heteroatoms. The van der Waals surface area contributed by atoms with E-state index in [0.717, 1.165) is 19.6 Å². The van der Waals surface area contributed by atoms with Crippen molar-refractivity contribution in [1.82, 2.24) is 20.2 Å². The van der Waals surface area contributed by atoms with Gasteiger partial charge in [0.25, 0.3) is 5.91 Å². The highest BCUT2D eigenvalue weighted by molar-refractivity contribution is 6.03. The molecule has 0 aliphatic carbocycles. The second-order valence-corrected chi connectivity index (χ2v) is 8.76. The largest absolute Gasteiger partial charge is 0.369 e. The van der Waals surface area contributed by atoms with Gasteiger partial charge in [-0.15, -0.1) is 0 Å². The average molecular weight is 411 g/mol. The summed E-state index contributed by atoms with van der Waals surface area (Å²) in [5, 5.41) is 9.82. The van der Waals surface area contributed by atoms with E-state index in [2.05, 4.69) is 51.6 Å². The van der Waals surface area contributed by atoms with Crippen LogP contribution in [0.3, 0.4) is 0 Å². The van der Waals surface area contributed by atoms with Crippen molar-refractivity contribution < 1.29 is 4.79 Å². The molecule has 0 bridgehead atoms. The van der Waals surface area contributed by atoms with Crippen molar-refractivity contribution in [3.05, 3.63) is 48.4 Å². The highest BCUT2D eigenvalue weighted by Gasteiger charge is 2.24. The number of rotatable bonds is 7. The van der Waals surface area contributed by atoms with Gasteiger partial charge in [0.15, 0.2) is 0 Å². The minimum absolute atomic E-state index is 0.232. The van der Waals surface area contributed by atoms with Crippen LogP contribution in [0.4, 0.5) is 11.5 Å². The smallest absolute Gasteiger partial charge is 0.274 e. The molecule has 7 nitrogen and oxygen atoms in total. The van der Waals surface area contributed by atoms with Gasteiger partial charge in [-0.3, -0.25) is 14.7 Å². The molecule has 0 saturated carbocycles. The first-order chi connectivity index (χ1) is 14.4. The second kappa shape index (κ2) is 10.5. The number of anilines is 2. The van der Waals surface area contributed by atoms with Crippen molar-refractivity contribution in [3.8, 4) is 0 Å². The van der Waals surface area contributed by atoms with Gasteiger partial charge < -0.3 is 16.0 Å². The van der Waals surface area contributed by atoms with Gasteiger partial charge in [-0.1, -0.05) is 6.07 Å². The monoisotopic (exact) mass is 410 g/mol. The summed E-state index contributed by atoms with van der Waals surface area (Å²) in [5.74, 6) is 0.476. The second-order valence-electron chi connectivity index (χ2n) is 8.76. The molecular weight excluding hydrogens is 376 g/mol. The summed E-state index contributed by atoms with van der Waals surface area (Å²) in [6, 6.07) is 9.50. The van der Waals surface area contributed by atoms with E-state index in [1.807, 2.05) is 12.1 Å². The van der Waals surface area contributed by atoms with E-state index >= 15 is 0 Å². The van der Waals surface area contributed by atoms with Crippen molar-refractivity contribution in [2.45, 2.75) is 51.6 Å². The summed E-state index contributed by atoms with van der Waals surface area (Å²) in [5.41, 5.74) is 1.33. The van der Waals surface area contributed by atoms with Gasteiger partial charge in [0.05, 0.1) is 0 Å². The number of nitrogens with one attached hydrogen (secondary N) is 3. The molecule has 0 aromatic carbocycles. The zero-order valence-electron chi connectivity index (χ0n) is 18.3. The molecule has 162 valence electrons. The lowest BCUT2D eigenvalue weighted by atomic mass is 10.1. The highest BCUT2D eigenvalue weighted by Crippen LogP contribution is 2.19. The Hall–Kier alpha value is -2.51. The van der Waals surface area contributed by atoms with E-state index in [9.17, 15) is 4.79 Å². The van der Waals surface area contributed by atoms with Gasteiger partial charge in [-0.2, -0.15) is 0 Å². The molecule has 1 unspecified atom stereocenters. The maximum atomic E-state index is 12.4. The normalized spacial score (nSPS) is 17.9. The molecular formula is C23H34N6O. The van der Waals surface area contributed by atoms with Crippen LogP contribution in [0, 0.1) is 0 Å². The van der Waals surface area contributed by atoms with Crippen LogP contribution in [0.25, 0.3) is 0 Å². The Morgan fingerprint density at radius 2 is 1.90 bits per heavy atom. The van der Waals surface area contributed by atoms with Gasteiger partial charge in [0.1, 0.15) is 11.5 Å². The standard InChI is InChI=1S/C23H34N6O/c1-23(2,3)29-16-5-6-18(11-17-29)25-14-15-26-21-8-4-7-20(28-21)22(30)27-19-9-12-24-13-10-19/h4,7-10,12-13,18,25H,5-6,11,14-17H2,1-3H3,(H,26,28)(H,24,27,30). The first kappa shape index (κ1) is 22.2. The Bertz CT molecular complexity index is 805. The number of aromatic nitrogens is 2. The molecule has 1 aliphatic rings. The number of carbonyl (C=O) groups is 1. The summed E-state index contributed by atoms with van der Waals surface area (Å²) in [7, 11) is 0. The molecule has 1 amide bonds. The topological polar surface area (TPSA) is 82.2 Å². The van der Waals surface area contributed by atoms with Gasteiger partial charge in [-0.05, 0) is 70.8 Å². The van der Waals surface area contributed by atoms with Crippen LogP contribution in [-0.4, -0.2) is 58.5 Å². The molecule has 1 atom stereocenters. The fourth-order valence-corrected chi connectivity index (χ4v) is 3.73. The van der Waals surface area contributed by atoms with Crippen molar-refractivity contribution in [2.75, 3.05) is 36.8 Å². The summed E-state index contributed by atoms with van der Waals surface area (Å²) < 4.78 is 0. The SMILES string of the molecule is CC(C)(C)N1CCCC(NCCNc2cccc(C(=O)Nc3ccncc3)n2)CC1. The first-order valence-electron chi connectivity index (χ1n) is 10.8. The van der Waals surface area contributed by atoms with E-state index in [1.54, 1.807) is 30.6 Å². The minimum atomic E-state index is -0.232. The van der Waals surface area contributed by atoms with E-state index in [0.29, 0.717) is 23.2 Å². The Morgan fingerprint density at radius 1 is 1.10 bits per heavy atom. The van der Waals surface area contributed by atoms with E-state index in [1.165, 1.54) is 25.8 Å². The number of hydrogen-bond acceptors (Lipinski definition) is 6. The predicted octanol–water partition coefficient (Wildman–Crippen LogP) is 3.38. The summed E-state index contributed by atoms with van der Waals surface area (Å²) in [6.07, 6.45) is 6.92. The Labute approximate surface area is 179 Å². The molecule has 0 radical (unpaired) electrons. The van der Waals surface area contributed by atoms with Gasteiger partial charge in [-0.25, -0.2) is 4.98 Å². The number of likely N-dealkylation sites (tertiary alicyclic amines) is 1. The maximum absolute atomic E-state index is 12.4. The predicted molar refractivity (Wildman–Crippen MR) is 122 cm³/mol. The lowest BCUT2D eigenvalue weighted by molar-refractivity contribution is 0.102. The van der Waals surface area contributed by atoms with Gasteiger partial charge >= 0.3 is 0 Å². The summed E-state index contributed by atoms with van der Waals surface area (Å²) in [4.78, 5) is 23.4. The third kappa shape index (κ3) is 6.78. The van der Waals surface area contributed by atoms with Crippen LogP contribution in [-0.2, 0) is 0 Å². The molecule has 3 heterocycles. The average Bonchev–Trinajstić information content (AvgIpc) is 2.98. The van der Waals surface area contributed by atoms with Crippen LogP contribution in [0.2, 0.25) is 0 Å². The third-order valence-electron chi connectivity index (χ3n) is 5.46. The van der Waals surface area contributed by atoms with E-state index in [4.69, 9.17) is 0 Å². The molecule has 1 saturated heterocycles. The number of nitrogens with zero attached hydrogens (tertiary/aromatic N) is 3. The van der Waals surface area contributed by atoms with Gasteiger partial charge in [0.2, 0.25) is 0 Å². The molecule has 1 fully saturated rings. The summed E-state index contributed by atoms with van der Waals surface area (Å²) in [6.45, 7) is 10.8. The molecule has 0 spiro atoms. The van der Waals surface area contributed by atoms with Crippen LogP contribution in [0.5, 0.6) is 0 Å². The maximum Gasteiger partial charge on any atom is 0.274 e. The lowest BCUT2D eigenvalue weighted by Gasteiger charge is -2.34. The number of carbonyl (C=O) groups excluding carboxylic acids is 1.